The van der Waals surface area contributed by atoms with Crippen molar-refractivity contribution in [1.82, 2.24) is 0 Å². The summed E-state index contributed by atoms with van der Waals surface area (Å²) in [7, 11) is 0. The molecular weight excluding hydrogens is 176 g/mol. The second kappa shape index (κ2) is 4.78. The molecule has 2 N–H and O–H groups in total. The number of hydrogen-bond donors (Lipinski definition) is 1. The molecule has 0 aromatic carbocycles. The fraction of sp³-hybridized carbons (Fsp3) is 0.909. The highest BCUT2D eigenvalue weighted by Crippen LogP contribution is 2.31. The van der Waals surface area contributed by atoms with Crippen molar-refractivity contribution in [2.45, 2.75) is 44.6 Å². The molecule has 0 aromatic heterocycles. The minimum absolute atomic E-state index is 0.394. The van der Waals surface area contributed by atoms with E-state index >= 15 is 0 Å². The van der Waals surface area contributed by atoms with Gasteiger partial charge in [-0.15, -0.1) is 0 Å². The van der Waals surface area contributed by atoms with Crippen LogP contribution in [0.5, 0.6) is 0 Å². The maximum atomic E-state index is 5.84. The van der Waals surface area contributed by atoms with Gasteiger partial charge in [0.25, 0.3) is 0 Å². The summed E-state index contributed by atoms with van der Waals surface area (Å²) in [5.74, 6) is 1.72. The van der Waals surface area contributed by atoms with Crippen LogP contribution in [-0.4, -0.2) is 25.1 Å². The van der Waals surface area contributed by atoms with Crippen molar-refractivity contribution in [3.63, 3.8) is 0 Å². The molecule has 80 valence electrons. The number of nitrogens with two attached hydrogens (primary N) is 1. The van der Waals surface area contributed by atoms with E-state index in [2.05, 4.69) is 4.99 Å². The Kier molecular flexibility index (Phi) is 3.40. The van der Waals surface area contributed by atoms with E-state index in [1.165, 1.54) is 25.7 Å². The van der Waals surface area contributed by atoms with Crippen LogP contribution < -0.4 is 5.73 Å². The maximum Gasteiger partial charge on any atom is 0.183 e. The first-order chi connectivity index (χ1) is 6.90. The largest absolute Gasteiger partial charge is 0.475 e. The first-order valence-electron chi connectivity index (χ1n) is 5.80. The van der Waals surface area contributed by atoms with Crippen LogP contribution in [0.3, 0.4) is 0 Å². The predicted molar refractivity (Wildman–Crippen MR) is 57.4 cm³/mol. The molecule has 1 fully saturated rings. The third-order valence-corrected chi connectivity index (χ3v) is 3.26. The molecule has 1 unspecified atom stereocenters. The lowest BCUT2D eigenvalue weighted by Gasteiger charge is -2.17. The molecule has 1 saturated carbocycles. The molecule has 1 heterocycles. The summed E-state index contributed by atoms with van der Waals surface area (Å²) in [6.45, 7) is 1.63. The van der Waals surface area contributed by atoms with Gasteiger partial charge in [0.1, 0.15) is 6.10 Å². The fourth-order valence-corrected chi connectivity index (χ4v) is 2.41. The zero-order valence-corrected chi connectivity index (χ0v) is 8.74. The van der Waals surface area contributed by atoms with Crippen LogP contribution in [0, 0.1) is 5.92 Å². The molecule has 0 radical (unpaired) electrons. The van der Waals surface area contributed by atoms with E-state index < -0.39 is 0 Å². The van der Waals surface area contributed by atoms with E-state index in [9.17, 15) is 0 Å². The van der Waals surface area contributed by atoms with E-state index in [1.54, 1.807) is 0 Å². The maximum absolute atomic E-state index is 5.84. The number of rotatable bonds is 4. The minimum atomic E-state index is 0.394. The van der Waals surface area contributed by atoms with Gasteiger partial charge in [0.2, 0.25) is 0 Å². The standard InChI is InChI=1S/C11H20N2O/c12-7-3-6-11-13-8-10(14-11)9-4-1-2-5-9/h9-10H,1-8,12H2. The number of ether oxygens (including phenoxy) is 1. The van der Waals surface area contributed by atoms with E-state index in [1.807, 2.05) is 0 Å². The highest BCUT2D eigenvalue weighted by molar-refractivity contribution is 5.77. The highest BCUT2D eigenvalue weighted by atomic mass is 16.5. The van der Waals surface area contributed by atoms with Crippen molar-refractivity contribution in [3.8, 4) is 0 Å². The van der Waals surface area contributed by atoms with Gasteiger partial charge in [-0.25, -0.2) is 0 Å². The van der Waals surface area contributed by atoms with E-state index in [4.69, 9.17) is 10.5 Å². The third-order valence-electron chi connectivity index (χ3n) is 3.26. The van der Waals surface area contributed by atoms with Gasteiger partial charge in [-0.05, 0) is 31.7 Å². The van der Waals surface area contributed by atoms with Crippen LogP contribution in [0.2, 0.25) is 0 Å². The molecular formula is C11H20N2O. The Morgan fingerprint density at radius 2 is 2.14 bits per heavy atom. The molecule has 3 heteroatoms. The molecule has 1 aliphatic carbocycles. The number of nitrogens with zero attached hydrogens (tertiary/aromatic N) is 1. The zero-order chi connectivity index (χ0) is 9.80. The Morgan fingerprint density at radius 1 is 1.36 bits per heavy atom. The first kappa shape index (κ1) is 9.97. The predicted octanol–water partition coefficient (Wildman–Crippen LogP) is 1.71. The van der Waals surface area contributed by atoms with Gasteiger partial charge in [-0.1, -0.05) is 12.8 Å². The summed E-state index contributed by atoms with van der Waals surface area (Å²) < 4.78 is 5.84. The molecule has 0 bridgehead atoms. The van der Waals surface area contributed by atoms with Crippen LogP contribution in [-0.2, 0) is 4.74 Å². The average molecular weight is 196 g/mol. The van der Waals surface area contributed by atoms with Gasteiger partial charge >= 0.3 is 0 Å². The molecule has 2 aliphatic rings. The summed E-state index contributed by atoms with van der Waals surface area (Å²) in [4.78, 5) is 4.44. The zero-order valence-electron chi connectivity index (χ0n) is 8.74. The molecule has 0 aromatic rings. The minimum Gasteiger partial charge on any atom is -0.475 e. The molecule has 3 nitrogen and oxygen atoms in total. The van der Waals surface area contributed by atoms with Crippen LogP contribution in [0.4, 0.5) is 0 Å². The Hall–Kier alpha value is -0.570. The smallest absolute Gasteiger partial charge is 0.183 e. The normalized spacial score (nSPS) is 27.8. The third kappa shape index (κ3) is 2.27. The van der Waals surface area contributed by atoms with Gasteiger partial charge in [0.05, 0.1) is 6.54 Å². The van der Waals surface area contributed by atoms with Crippen molar-refractivity contribution in [1.29, 1.82) is 0 Å². The van der Waals surface area contributed by atoms with Crippen molar-refractivity contribution < 1.29 is 4.74 Å². The van der Waals surface area contributed by atoms with Gasteiger partial charge in [-0.3, -0.25) is 4.99 Å². The quantitative estimate of drug-likeness (QED) is 0.744. The first-order valence-corrected chi connectivity index (χ1v) is 5.80. The van der Waals surface area contributed by atoms with Gasteiger partial charge in [-0.2, -0.15) is 0 Å². The molecule has 0 saturated heterocycles. The van der Waals surface area contributed by atoms with Crippen LogP contribution in [0.25, 0.3) is 0 Å². The SMILES string of the molecule is NCCCC1=NCC(C2CCCC2)O1. The van der Waals surface area contributed by atoms with Crippen LogP contribution >= 0.6 is 0 Å². The summed E-state index contributed by atoms with van der Waals surface area (Å²) >= 11 is 0. The summed E-state index contributed by atoms with van der Waals surface area (Å²) in [6.07, 6.45) is 7.75. The Balaban J connectivity index is 1.74. The van der Waals surface area contributed by atoms with Crippen molar-refractivity contribution in [2.24, 2.45) is 16.6 Å². The molecule has 2 rings (SSSR count). The second-order valence-electron chi connectivity index (χ2n) is 4.33. The average Bonchev–Trinajstić information content (AvgIpc) is 2.85. The fourth-order valence-electron chi connectivity index (χ4n) is 2.41. The lowest BCUT2D eigenvalue weighted by molar-refractivity contribution is 0.150. The lowest BCUT2D eigenvalue weighted by Crippen LogP contribution is -2.22. The van der Waals surface area contributed by atoms with Crippen LogP contribution in [0.15, 0.2) is 4.99 Å². The van der Waals surface area contributed by atoms with Crippen molar-refractivity contribution in [3.05, 3.63) is 0 Å². The summed E-state index contributed by atoms with van der Waals surface area (Å²) in [5, 5.41) is 0. The molecule has 14 heavy (non-hydrogen) atoms. The summed E-state index contributed by atoms with van der Waals surface area (Å²) in [6, 6.07) is 0. The van der Waals surface area contributed by atoms with E-state index in [-0.39, 0.29) is 0 Å². The number of aliphatic imine (C=N–C) groups is 1. The van der Waals surface area contributed by atoms with Gasteiger partial charge < -0.3 is 10.5 Å². The van der Waals surface area contributed by atoms with Gasteiger partial charge in [0, 0.05) is 6.42 Å². The second-order valence-corrected chi connectivity index (χ2v) is 4.33. The van der Waals surface area contributed by atoms with Crippen molar-refractivity contribution >= 4 is 5.90 Å². The van der Waals surface area contributed by atoms with Gasteiger partial charge in [0.15, 0.2) is 5.90 Å². The molecule has 0 spiro atoms. The lowest BCUT2D eigenvalue weighted by atomic mass is 10.0. The Labute approximate surface area is 85.7 Å². The summed E-state index contributed by atoms with van der Waals surface area (Å²) in [5.41, 5.74) is 5.45. The molecule has 1 aliphatic heterocycles. The molecule has 0 amide bonds. The van der Waals surface area contributed by atoms with Crippen molar-refractivity contribution in [2.75, 3.05) is 13.1 Å². The monoisotopic (exact) mass is 196 g/mol. The Bertz CT molecular complexity index is 209. The van der Waals surface area contributed by atoms with E-state index in [0.29, 0.717) is 6.10 Å². The number of hydrogen-bond acceptors (Lipinski definition) is 3. The topological polar surface area (TPSA) is 47.6 Å². The highest BCUT2D eigenvalue weighted by Gasteiger charge is 2.30. The van der Waals surface area contributed by atoms with Crippen LogP contribution in [0.1, 0.15) is 38.5 Å². The molecule has 1 atom stereocenters. The Morgan fingerprint density at radius 3 is 2.86 bits per heavy atom. The van der Waals surface area contributed by atoms with E-state index in [0.717, 1.165) is 37.7 Å².